The lowest BCUT2D eigenvalue weighted by Crippen LogP contribution is -2.20. The Balaban J connectivity index is 2.89. The number of hydrogen-bond acceptors (Lipinski definition) is 2. The molecule has 0 spiro atoms. The van der Waals surface area contributed by atoms with E-state index in [9.17, 15) is 0 Å². The Morgan fingerprint density at radius 1 is 1.27 bits per heavy atom. The molecule has 0 rings (SSSR count). The van der Waals surface area contributed by atoms with E-state index in [2.05, 4.69) is 13.8 Å². The van der Waals surface area contributed by atoms with Gasteiger partial charge in [-0.05, 0) is 19.3 Å². The first-order valence-electron chi connectivity index (χ1n) is 4.64. The second-order valence-corrected chi connectivity index (χ2v) is 2.92. The molecule has 0 aromatic heterocycles. The zero-order valence-corrected chi connectivity index (χ0v) is 7.81. The SMILES string of the molecule is CCCCOCCC(N)CC. The van der Waals surface area contributed by atoms with Crippen LogP contribution >= 0.6 is 0 Å². The quantitative estimate of drug-likeness (QED) is 0.576. The van der Waals surface area contributed by atoms with E-state index in [1.54, 1.807) is 0 Å². The lowest BCUT2D eigenvalue weighted by molar-refractivity contribution is 0.124. The fraction of sp³-hybridized carbons (Fsp3) is 1.00. The van der Waals surface area contributed by atoms with Crippen LogP contribution in [0.25, 0.3) is 0 Å². The summed E-state index contributed by atoms with van der Waals surface area (Å²) in [4.78, 5) is 0. The number of hydrogen-bond donors (Lipinski definition) is 1. The first kappa shape index (κ1) is 10.9. The van der Waals surface area contributed by atoms with E-state index < -0.39 is 0 Å². The third kappa shape index (κ3) is 7.82. The van der Waals surface area contributed by atoms with Gasteiger partial charge in [0.15, 0.2) is 0 Å². The fourth-order valence-electron chi connectivity index (χ4n) is 0.787. The van der Waals surface area contributed by atoms with Crippen molar-refractivity contribution in [1.29, 1.82) is 0 Å². The van der Waals surface area contributed by atoms with Crippen LogP contribution in [0.3, 0.4) is 0 Å². The predicted octanol–water partition coefficient (Wildman–Crippen LogP) is 1.93. The highest BCUT2D eigenvalue weighted by atomic mass is 16.5. The Hall–Kier alpha value is -0.0800. The van der Waals surface area contributed by atoms with E-state index in [1.165, 1.54) is 12.8 Å². The summed E-state index contributed by atoms with van der Waals surface area (Å²) in [5.74, 6) is 0. The molecule has 68 valence electrons. The van der Waals surface area contributed by atoms with E-state index in [1.807, 2.05) is 0 Å². The van der Waals surface area contributed by atoms with Crippen LogP contribution in [0, 0.1) is 0 Å². The third-order valence-corrected chi connectivity index (χ3v) is 1.80. The molecule has 0 aliphatic carbocycles. The molecule has 0 aromatic rings. The van der Waals surface area contributed by atoms with Gasteiger partial charge in [0, 0.05) is 19.3 Å². The average Bonchev–Trinajstić information content (AvgIpc) is 2.04. The molecule has 0 aromatic carbocycles. The average molecular weight is 159 g/mol. The topological polar surface area (TPSA) is 35.2 Å². The summed E-state index contributed by atoms with van der Waals surface area (Å²) in [5.41, 5.74) is 5.71. The molecular weight excluding hydrogens is 138 g/mol. The monoisotopic (exact) mass is 159 g/mol. The maximum Gasteiger partial charge on any atom is 0.0480 e. The third-order valence-electron chi connectivity index (χ3n) is 1.80. The summed E-state index contributed by atoms with van der Waals surface area (Å²) < 4.78 is 5.37. The van der Waals surface area contributed by atoms with Gasteiger partial charge < -0.3 is 10.5 Å². The Labute approximate surface area is 70.1 Å². The van der Waals surface area contributed by atoms with Crippen molar-refractivity contribution in [2.45, 2.75) is 45.6 Å². The molecule has 0 saturated heterocycles. The van der Waals surface area contributed by atoms with Gasteiger partial charge in [-0.2, -0.15) is 0 Å². The molecule has 2 nitrogen and oxygen atoms in total. The molecule has 1 atom stereocenters. The number of ether oxygens (including phenoxy) is 1. The van der Waals surface area contributed by atoms with Crippen LogP contribution in [0.4, 0.5) is 0 Å². The normalized spacial score (nSPS) is 13.4. The van der Waals surface area contributed by atoms with Crippen LogP contribution in [-0.2, 0) is 4.74 Å². The van der Waals surface area contributed by atoms with Crippen LogP contribution in [0.2, 0.25) is 0 Å². The van der Waals surface area contributed by atoms with Crippen LogP contribution in [0.5, 0.6) is 0 Å². The van der Waals surface area contributed by atoms with E-state index in [0.717, 1.165) is 26.1 Å². The van der Waals surface area contributed by atoms with Gasteiger partial charge in [0.25, 0.3) is 0 Å². The highest BCUT2D eigenvalue weighted by Gasteiger charge is 1.97. The minimum absolute atomic E-state index is 0.330. The predicted molar refractivity (Wildman–Crippen MR) is 48.6 cm³/mol. The molecule has 2 heteroatoms. The first-order chi connectivity index (χ1) is 5.31. The lowest BCUT2D eigenvalue weighted by Gasteiger charge is -2.08. The van der Waals surface area contributed by atoms with E-state index in [0.29, 0.717) is 6.04 Å². The van der Waals surface area contributed by atoms with Gasteiger partial charge in [0.05, 0.1) is 0 Å². The molecule has 0 radical (unpaired) electrons. The Morgan fingerprint density at radius 3 is 2.55 bits per heavy atom. The summed E-state index contributed by atoms with van der Waals surface area (Å²) in [6.07, 6.45) is 4.43. The van der Waals surface area contributed by atoms with Crippen molar-refractivity contribution in [2.75, 3.05) is 13.2 Å². The van der Waals surface area contributed by atoms with Gasteiger partial charge >= 0.3 is 0 Å². The minimum Gasteiger partial charge on any atom is -0.381 e. The summed E-state index contributed by atoms with van der Waals surface area (Å²) in [5, 5.41) is 0. The molecule has 1 unspecified atom stereocenters. The number of rotatable bonds is 7. The maximum atomic E-state index is 5.71. The van der Waals surface area contributed by atoms with Crippen molar-refractivity contribution in [1.82, 2.24) is 0 Å². The van der Waals surface area contributed by atoms with Crippen LogP contribution in [-0.4, -0.2) is 19.3 Å². The fourth-order valence-corrected chi connectivity index (χ4v) is 0.787. The van der Waals surface area contributed by atoms with E-state index in [4.69, 9.17) is 10.5 Å². The Kier molecular flexibility index (Phi) is 7.96. The van der Waals surface area contributed by atoms with Crippen molar-refractivity contribution in [3.8, 4) is 0 Å². The molecular formula is C9H21NO. The number of nitrogens with two attached hydrogens (primary N) is 1. The first-order valence-corrected chi connectivity index (χ1v) is 4.64. The van der Waals surface area contributed by atoms with Crippen molar-refractivity contribution < 1.29 is 4.74 Å². The standard InChI is InChI=1S/C9H21NO/c1-3-5-7-11-8-6-9(10)4-2/h9H,3-8,10H2,1-2H3. The molecule has 0 fully saturated rings. The second kappa shape index (κ2) is 8.02. The smallest absolute Gasteiger partial charge is 0.0480 e. The zero-order chi connectivity index (χ0) is 8.53. The van der Waals surface area contributed by atoms with Crippen molar-refractivity contribution in [3.63, 3.8) is 0 Å². The summed E-state index contributed by atoms with van der Waals surface area (Å²) in [6.45, 7) is 6.00. The molecule has 0 bridgehead atoms. The Morgan fingerprint density at radius 2 is 2.00 bits per heavy atom. The van der Waals surface area contributed by atoms with Gasteiger partial charge in [0.2, 0.25) is 0 Å². The summed E-state index contributed by atoms with van der Waals surface area (Å²) in [6, 6.07) is 0.330. The molecule has 11 heavy (non-hydrogen) atoms. The second-order valence-electron chi connectivity index (χ2n) is 2.92. The van der Waals surface area contributed by atoms with Gasteiger partial charge in [-0.3, -0.25) is 0 Å². The van der Waals surface area contributed by atoms with Crippen LogP contribution in [0.1, 0.15) is 39.5 Å². The number of unbranched alkanes of at least 4 members (excludes halogenated alkanes) is 1. The molecule has 0 aliphatic heterocycles. The minimum atomic E-state index is 0.330. The van der Waals surface area contributed by atoms with Crippen molar-refractivity contribution in [2.24, 2.45) is 5.73 Å². The van der Waals surface area contributed by atoms with Crippen molar-refractivity contribution in [3.05, 3.63) is 0 Å². The zero-order valence-electron chi connectivity index (χ0n) is 7.81. The molecule has 2 N–H and O–H groups in total. The van der Waals surface area contributed by atoms with Gasteiger partial charge in [-0.25, -0.2) is 0 Å². The van der Waals surface area contributed by atoms with Crippen molar-refractivity contribution >= 4 is 0 Å². The van der Waals surface area contributed by atoms with Gasteiger partial charge in [0.1, 0.15) is 0 Å². The molecule has 0 amide bonds. The summed E-state index contributed by atoms with van der Waals surface area (Å²) >= 11 is 0. The Bertz CT molecular complexity index is 76.0. The highest BCUT2D eigenvalue weighted by Crippen LogP contribution is 1.95. The van der Waals surface area contributed by atoms with Gasteiger partial charge in [-0.15, -0.1) is 0 Å². The molecule has 0 saturated carbocycles. The summed E-state index contributed by atoms with van der Waals surface area (Å²) in [7, 11) is 0. The largest absolute Gasteiger partial charge is 0.381 e. The van der Waals surface area contributed by atoms with Crippen LogP contribution in [0.15, 0.2) is 0 Å². The van der Waals surface area contributed by atoms with Crippen LogP contribution < -0.4 is 5.73 Å². The molecule has 0 aliphatic rings. The highest BCUT2D eigenvalue weighted by molar-refractivity contribution is 4.56. The van der Waals surface area contributed by atoms with E-state index in [-0.39, 0.29) is 0 Å². The van der Waals surface area contributed by atoms with Gasteiger partial charge in [-0.1, -0.05) is 20.3 Å². The maximum absolute atomic E-state index is 5.71. The van der Waals surface area contributed by atoms with E-state index >= 15 is 0 Å². The lowest BCUT2D eigenvalue weighted by atomic mass is 10.2. The molecule has 0 heterocycles.